The van der Waals surface area contributed by atoms with Gasteiger partial charge in [-0.25, -0.2) is 9.59 Å². The molecule has 0 bridgehead atoms. The van der Waals surface area contributed by atoms with Gasteiger partial charge >= 0.3 is 18.2 Å². The molecule has 2 atom stereocenters. The molecule has 0 aliphatic rings. The first-order valence-electron chi connectivity index (χ1n) is 10.2. The molecule has 184 valence electrons. The molecule has 3 N–H and O–H groups in total. The van der Waals surface area contributed by atoms with E-state index >= 15 is 0 Å². The molecule has 2 aromatic rings. The first-order chi connectivity index (χ1) is 16.1. The Morgan fingerprint density at radius 2 is 1.71 bits per heavy atom. The third-order valence-electron chi connectivity index (χ3n) is 4.63. The highest BCUT2D eigenvalue weighted by Gasteiger charge is 2.31. The van der Waals surface area contributed by atoms with Crippen molar-refractivity contribution in [1.29, 1.82) is 0 Å². The molecule has 0 aromatic heterocycles. The lowest BCUT2D eigenvalue weighted by atomic mass is 10.0. The van der Waals surface area contributed by atoms with Gasteiger partial charge in [-0.15, -0.1) is 0 Å². The lowest BCUT2D eigenvalue weighted by Gasteiger charge is -2.19. The van der Waals surface area contributed by atoms with Crippen LogP contribution >= 0.6 is 0 Å². The van der Waals surface area contributed by atoms with Crippen molar-refractivity contribution in [2.75, 3.05) is 13.7 Å². The van der Waals surface area contributed by atoms with Crippen LogP contribution in [0.15, 0.2) is 54.6 Å². The average molecular weight is 482 g/mol. The zero-order valence-corrected chi connectivity index (χ0v) is 18.3. The van der Waals surface area contributed by atoms with E-state index in [1.165, 1.54) is 12.1 Å². The predicted octanol–water partition coefficient (Wildman–Crippen LogP) is 2.58. The number of carbonyl (C=O) groups is 3. The molecular formula is C23H25F3N2O6. The molecule has 0 saturated carbocycles. The maximum Gasteiger partial charge on any atom is 0.416 e. The van der Waals surface area contributed by atoms with Crippen molar-refractivity contribution >= 4 is 18.0 Å². The number of hydrogen-bond acceptors (Lipinski definition) is 6. The monoisotopic (exact) mass is 482 g/mol. The summed E-state index contributed by atoms with van der Waals surface area (Å²) in [4.78, 5) is 36.0. The Kier molecular flexibility index (Phi) is 9.87. The number of aliphatic hydroxyl groups is 1. The third kappa shape index (κ3) is 9.10. The van der Waals surface area contributed by atoms with Crippen molar-refractivity contribution in [3.8, 4) is 0 Å². The third-order valence-corrected chi connectivity index (χ3v) is 4.63. The predicted molar refractivity (Wildman–Crippen MR) is 114 cm³/mol. The normalized spacial score (nSPS) is 12.9. The fourth-order valence-electron chi connectivity index (χ4n) is 2.96. The van der Waals surface area contributed by atoms with Crippen LogP contribution in [0.2, 0.25) is 0 Å². The first kappa shape index (κ1) is 26.7. The Bertz CT molecular complexity index is 969. The zero-order valence-electron chi connectivity index (χ0n) is 18.3. The van der Waals surface area contributed by atoms with Crippen LogP contribution in [0.5, 0.6) is 0 Å². The maximum absolute atomic E-state index is 12.9. The molecule has 2 amide bonds. The molecule has 2 aromatic carbocycles. The Morgan fingerprint density at radius 3 is 2.35 bits per heavy atom. The summed E-state index contributed by atoms with van der Waals surface area (Å²) in [6.07, 6.45) is -7.37. The van der Waals surface area contributed by atoms with Crippen LogP contribution in [0.4, 0.5) is 18.0 Å². The van der Waals surface area contributed by atoms with E-state index in [0.717, 1.165) is 24.8 Å². The minimum Gasteiger partial charge on any atom is -0.467 e. The Balaban J connectivity index is 1.84. The molecule has 0 unspecified atom stereocenters. The molecule has 0 aliphatic heterocycles. The van der Waals surface area contributed by atoms with E-state index < -0.39 is 48.3 Å². The number of ether oxygens (including phenoxy) is 2. The molecule has 0 fully saturated rings. The van der Waals surface area contributed by atoms with Gasteiger partial charge in [-0.2, -0.15) is 13.2 Å². The van der Waals surface area contributed by atoms with E-state index in [9.17, 15) is 32.7 Å². The highest BCUT2D eigenvalue weighted by Crippen LogP contribution is 2.29. The van der Waals surface area contributed by atoms with Crippen LogP contribution in [0.1, 0.15) is 23.1 Å². The lowest BCUT2D eigenvalue weighted by Crippen LogP contribution is -2.45. The summed E-state index contributed by atoms with van der Waals surface area (Å²) in [5, 5.41) is 14.7. The van der Waals surface area contributed by atoms with Crippen molar-refractivity contribution < 1.29 is 42.1 Å². The number of hydrogen-bond donors (Lipinski definition) is 3. The summed E-state index contributed by atoms with van der Waals surface area (Å²) in [5.41, 5.74) is 0.0432. The Morgan fingerprint density at radius 1 is 1.03 bits per heavy atom. The van der Waals surface area contributed by atoms with Crippen molar-refractivity contribution in [1.82, 2.24) is 10.6 Å². The van der Waals surface area contributed by atoms with E-state index in [1.807, 2.05) is 6.07 Å². The molecular weight excluding hydrogens is 457 g/mol. The van der Waals surface area contributed by atoms with Crippen molar-refractivity contribution in [3.63, 3.8) is 0 Å². The zero-order chi connectivity index (χ0) is 25.1. The van der Waals surface area contributed by atoms with Crippen LogP contribution in [0.25, 0.3) is 0 Å². The molecule has 2 rings (SSSR count). The maximum atomic E-state index is 12.9. The summed E-state index contributed by atoms with van der Waals surface area (Å²) in [6.45, 7) is -0.267. The van der Waals surface area contributed by atoms with Gasteiger partial charge in [-0.3, -0.25) is 4.79 Å². The quantitative estimate of drug-likeness (QED) is 0.449. The van der Waals surface area contributed by atoms with Crippen molar-refractivity contribution in [2.45, 2.75) is 37.8 Å². The van der Waals surface area contributed by atoms with Gasteiger partial charge in [-0.1, -0.05) is 48.5 Å². The second-order valence-corrected chi connectivity index (χ2v) is 7.35. The summed E-state index contributed by atoms with van der Waals surface area (Å²) in [5.74, 6) is -1.61. The second-order valence-electron chi connectivity index (χ2n) is 7.35. The molecule has 0 heterocycles. The van der Waals surface area contributed by atoms with E-state index in [4.69, 9.17) is 4.74 Å². The van der Waals surface area contributed by atoms with E-state index in [2.05, 4.69) is 15.4 Å². The van der Waals surface area contributed by atoms with Gasteiger partial charge in [0.2, 0.25) is 5.91 Å². The summed E-state index contributed by atoms with van der Waals surface area (Å²) in [6, 6.07) is 12.0. The summed E-state index contributed by atoms with van der Waals surface area (Å²) < 4.78 is 48.4. The minimum atomic E-state index is -4.56. The first-order valence-corrected chi connectivity index (χ1v) is 10.2. The Hall–Kier alpha value is -3.60. The summed E-state index contributed by atoms with van der Waals surface area (Å²) in [7, 11) is 1.08. The van der Waals surface area contributed by atoms with Crippen LogP contribution in [0, 0.1) is 0 Å². The van der Waals surface area contributed by atoms with Gasteiger partial charge in [0.05, 0.1) is 25.2 Å². The number of alkyl halides is 3. The standard InChI is InChI=1S/C23H25F3N2O6/c1-33-21(31)19(11-16-8-5-9-17(10-16)23(24,25)26)28-20(30)12-18(29)13-27-22(32)34-14-15-6-3-2-4-7-15/h2-10,18-19,29H,11-14H2,1H3,(H,27,32)(H,28,30)/t18-,19+/m0/s1. The van der Waals surface area contributed by atoms with E-state index in [1.54, 1.807) is 24.3 Å². The number of rotatable bonds is 10. The number of alkyl carbamates (subject to hydrolysis) is 1. The Labute approximate surface area is 194 Å². The van der Waals surface area contributed by atoms with E-state index in [-0.39, 0.29) is 25.1 Å². The highest BCUT2D eigenvalue weighted by molar-refractivity contribution is 5.85. The second kappa shape index (κ2) is 12.6. The fraction of sp³-hybridized carbons (Fsp3) is 0.348. The van der Waals surface area contributed by atoms with Crippen LogP contribution in [-0.4, -0.2) is 48.9 Å². The van der Waals surface area contributed by atoms with Crippen LogP contribution in [0.3, 0.4) is 0 Å². The van der Waals surface area contributed by atoms with Gasteiger partial charge in [0.15, 0.2) is 0 Å². The lowest BCUT2D eigenvalue weighted by molar-refractivity contribution is -0.145. The van der Waals surface area contributed by atoms with Gasteiger partial charge in [-0.05, 0) is 17.2 Å². The minimum absolute atomic E-state index is 0.0274. The van der Waals surface area contributed by atoms with Crippen LogP contribution < -0.4 is 10.6 Å². The summed E-state index contributed by atoms with van der Waals surface area (Å²) >= 11 is 0. The molecule has 0 aliphatic carbocycles. The van der Waals surface area contributed by atoms with E-state index in [0.29, 0.717) is 0 Å². The molecule has 0 radical (unpaired) electrons. The number of aliphatic hydroxyl groups excluding tert-OH is 1. The topological polar surface area (TPSA) is 114 Å². The SMILES string of the molecule is COC(=O)[C@@H](Cc1cccc(C(F)(F)F)c1)NC(=O)C[C@H](O)CNC(=O)OCc1ccccc1. The number of methoxy groups -OCH3 is 1. The molecule has 8 nitrogen and oxygen atoms in total. The van der Waals surface area contributed by atoms with Gasteiger partial charge in [0, 0.05) is 13.0 Å². The highest BCUT2D eigenvalue weighted by atomic mass is 19.4. The fourth-order valence-corrected chi connectivity index (χ4v) is 2.96. The number of nitrogens with one attached hydrogen (secondary N) is 2. The van der Waals surface area contributed by atoms with Crippen molar-refractivity contribution in [2.24, 2.45) is 0 Å². The number of carbonyl (C=O) groups excluding carboxylic acids is 3. The van der Waals surface area contributed by atoms with Crippen molar-refractivity contribution in [3.05, 3.63) is 71.3 Å². The average Bonchev–Trinajstić information content (AvgIpc) is 2.80. The molecule has 34 heavy (non-hydrogen) atoms. The number of amides is 2. The molecule has 0 spiro atoms. The molecule has 11 heteroatoms. The molecule has 0 saturated heterocycles. The van der Waals surface area contributed by atoms with Gasteiger partial charge < -0.3 is 25.2 Å². The number of esters is 1. The van der Waals surface area contributed by atoms with Gasteiger partial charge in [0.1, 0.15) is 12.6 Å². The smallest absolute Gasteiger partial charge is 0.416 e. The number of halogens is 3. The van der Waals surface area contributed by atoms with Crippen LogP contribution in [-0.2, 0) is 38.3 Å². The number of benzene rings is 2. The van der Waals surface area contributed by atoms with Gasteiger partial charge in [0.25, 0.3) is 0 Å². The largest absolute Gasteiger partial charge is 0.467 e.